The summed E-state index contributed by atoms with van der Waals surface area (Å²) in [6.45, 7) is 4.63. The van der Waals surface area contributed by atoms with E-state index in [1.165, 1.54) is 57.8 Å². The normalized spacial score (nSPS) is 16.6. The first-order chi connectivity index (χ1) is 6.34. The standard InChI is InChI=1S/C13H24/c1-3-4-5-6-9-12(2)13-10-7-8-11-13/h3-11H2,1-2H3. The molecule has 0 heterocycles. The third-order valence-electron chi connectivity index (χ3n) is 3.22. The van der Waals surface area contributed by atoms with Gasteiger partial charge in [-0.25, -0.2) is 0 Å². The predicted octanol–water partition coefficient (Wildman–Crippen LogP) is 4.85. The molecular weight excluding hydrogens is 156 g/mol. The first kappa shape index (κ1) is 10.8. The summed E-state index contributed by atoms with van der Waals surface area (Å²) in [7, 11) is 0. The third-order valence-corrected chi connectivity index (χ3v) is 3.22. The Morgan fingerprint density at radius 1 is 1.08 bits per heavy atom. The average molecular weight is 180 g/mol. The van der Waals surface area contributed by atoms with Crippen molar-refractivity contribution in [3.8, 4) is 0 Å². The molecule has 1 rings (SSSR count). The van der Waals surface area contributed by atoms with Crippen molar-refractivity contribution in [2.45, 2.75) is 71.6 Å². The molecule has 1 aliphatic rings. The summed E-state index contributed by atoms with van der Waals surface area (Å²) in [6, 6.07) is 0. The zero-order valence-electron chi connectivity index (χ0n) is 9.36. The van der Waals surface area contributed by atoms with Crippen molar-refractivity contribution in [3.05, 3.63) is 11.1 Å². The summed E-state index contributed by atoms with van der Waals surface area (Å²) in [5.41, 5.74) is 3.50. The van der Waals surface area contributed by atoms with Gasteiger partial charge in [0.25, 0.3) is 0 Å². The number of hydrogen-bond acceptors (Lipinski definition) is 0. The van der Waals surface area contributed by atoms with Crippen molar-refractivity contribution in [1.82, 2.24) is 0 Å². The molecular formula is C13H24. The molecule has 0 bridgehead atoms. The van der Waals surface area contributed by atoms with E-state index in [2.05, 4.69) is 13.8 Å². The lowest BCUT2D eigenvalue weighted by Gasteiger charge is -2.05. The molecule has 0 atom stereocenters. The van der Waals surface area contributed by atoms with Gasteiger partial charge in [0.15, 0.2) is 0 Å². The molecule has 0 aromatic heterocycles. The second-order valence-electron chi connectivity index (χ2n) is 4.40. The van der Waals surface area contributed by atoms with Crippen LogP contribution in [0.5, 0.6) is 0 Å². The van der Waals surface area contributed by atoms with Crippen LogP contribution in [-0.2, 0) is 0 Å². The van der Waals surface area contributed by atoms with E-state index in [1.54, 1.807) is 11.1 Å². The summed E-state index contributed by atoms with van der Waals surface area (Å²) in [6.07, 6.45) is 12.7. The number of hydrogen-bond donors (Lipinski definition) is 0. The largest absolute Gasteiger partial charge is 0.0741 e. The van der Waals surface area contributed by atoms with Crippen LogP contribution in [0.1, 0.15) is 71.6 Å². The van der Waals surface area contributed by atoms with E-state index >= 15 is 0 Å². The van der Waals surface area contributed by atoms with Crippen molar-refractivity contribution < 1.29 is 0 Å². The van der Waals surface area contributed by atoms with Gasteiger partial charge in [0.1, 0.15) is 0 Å². The molecule has 0 N–H and O–H groups in total. The lowest BCUT2D eigenvalue weighted by molar-refractivity contribution is 0.661. The molecule has 0 radical (unpaired) electrons. The third kappa shape index (κ3) is 3.97. The van der Waals surface area contributed by atoms with Gasteiger partial charge in [-0.3, -0.25) is 0 Å². The van der Waals surface area contributed by atoms with Crippen molar-refractivity contribution in [2.75, 3.05) is 0 Å². The van der Waals surface area contributed by atoms with E-state index in [-0.39, 0.29) is 0 Å². The lowest BCUT2D eigenvalue weighted by atomic mass is 10.0. The Balaban J connectivity index is 2.16. The van der Waals surface area contributed by atoms with Crippen molar-refractivity contribution in [2.24, 2.45) is 0 Å². The molecule has 0 nitrogen and oxygen atoms in total. The van der Waals surface area contributed by atoms with Crippen molar-refractivity contribution >= 4 is 0 Å². The second-order valence-corrected chi connectivity index (χ2v) is 4.40. The van der Waals surface area contributed by atoms with Crippen LogP contribution in [0.2, 0.25) is 0 Å². The van der Waals surface area contributed by atoms with E-state index in [0.717, 1.165) is 0 Å². The Hall–Kier alpha value is -0.260. The van der Waals surface area contributed by atoms with Crippen LogP contribution < -0.4 is 0 Å². The van der Waals surface area contributed by atoms with Gasteiger partial charge in [0.2, 0.25) is 0 Å². The van der Waals surface area contributed by atoms with Crippen LogP contribution in [0.15, 0.2) is 11.1 Å². The highest BCUT2D eigenvalue weighted by atomic mass is 14.1. The average Bonchev–Trinajstić information content (AvgIpc) is 2.65. The molecule has 13 heavy (non-hydrogen) atoms. The van der Waals surface area contributed by atoms with E-state index in [4.69, 9.17) is 0 Å². The van der Waals surface area contributed by atoms with Gasteiger partial charge in [-0.15, -0.1) is 0 Å². The molecule has 0 amide bonds. The molecule has 1 saturated carbocycles. The maximum atomic E-state index is 2.35. The molecule has 0 spiro atoms. The highest BCUT2D eigenvalue weighted by Gasteiger charge is 2.08. The summed E-state index contributed by atoms with van der Waals surface area (Å²) in [5.74, 6) is 0. The fourth-order valence-electron chi connectivity index (χ4n) is 2.22. The molecule has 0 heteroatoms. The van der Waals surface area contributed by atoms with Crippen LogP contribution in [0.4, 0.5) is 0 Å². The minimum absolute atomic E-state index is 1.36. The minimum Gasteiger partial charge on any atom is -0.0741 e. The monoisotopic (exact) mass is 180 g/mol. The highest BCUT2D eigenvalue weighted by Crippen LogP contribution is 2.28. The zero-order chi connectivity index (χ0) is 9.52. The van der Waals surface area contributed by atoms with Crippen LogP contribution >= 0.6 is 0 Å². The summed E-state index contributed by atoms with van der Waals surface area (Å²) < 4.78 is 0. The topological polar surface area (TPSA) is 0 Å². The van der Waals surface area contributed by atoms with Gasteiger partial charge in [0.05, 0.1) is 0 Å². The minimum atomic E-state index is 1.36. The molecule has 0 aliphatic heterocycles. The SMILES string of the molecule is CCCCCCC(C)=C1CCCC1. The Morgan fingerprint density at radius 2 is 1.77 bits per heavy atom. The van der Waals surface area contributed by atoms with E-state index < -0.39 is 0 Å². The summed E-state index contributed by atoms with van der Waals surface area (Å²) >= 11 is 0. The maximum Gasteiger partial charge on any atom is -0.0318 e. The quantitative estimate of drug-likeness (QED) is 0.419. The van der Waals surface area contributed by atoms with Crippen LogP contribution in [0, 0.1) is 0 Å². The Kier molecular flexibility index (Phi) is 5.19. The predicted molar refractivity (Wildman–Crippen MR) is 59.9 cm³/mol. The van der Waals surface area contributed by atoms with Crippen molar-refractivity contribution in [3.63, 3.8) is 0 Å². The Bertz CT molecular complexity index is 157. The van der Waals surface area contributed by atoms with Crippen LogP contribution in [0.3, 0.4) is 0 Å². The Labute approximate surface area is 83.4 Å². The number of allylic oxidation sites excluding steroid dienone is 2. The fraction of sp³-hybridized carbons (Fsp3) is 0.846. The smallest absolute Gasteiger partial charge is 0.0318 e. The van der Waals surface area contributed by atoms with E-state index in [9.17, 15) is 0 Å². The van der Waals surface area contributed by atoms with E-state index in [0.29, 0.717) is 0 Å². The number of unbranched alkanes of at least 4 members (excludes halogenated alkanes) is 3. The second kappa shape index (κ2) is 6.23. The van der Waals surface area contributed by atoms with Gasteiger partial charge < -0.3 is 0 Å². The Morgan fingerprint density at radius 3 is 2.38 bits per heavy atom. The molecule has 76 valence electrons. The lowest BCUT2D eigenvalue weighted by Crippen LogP contribution is -1.85. The molecule has 0 aromatic carbocycles. The van der Waals surface area contributed by atoms with Crippen molar-refractivity contribution in [1.29, 1.82) is 0 Å². The molecule has 1 aliphatic carbocycles. The maximum absolute atomic E-state index is 2.35. The van der Waals surface area contributed by atoms with Gasteiger partial charge in [-0.05, 0) is 45.4 Å². The first-order valence-electron chi connectivity index (χ1n) is 6.02. The van der Waals surface area contributed by atoms with Gasteiger partial charge in [-0.1, -0.05) is 37.3 Å². The first-order valence-corrected chi connectivity index (χ1v) is 6.02. The van der Waals surface area contributed by atoms with E-state index in [1.807, 2.05) is 0 Å². The van der Waals surface area contributed by atoms with Crippen LogP contribution in [0.25, 0.3) is 0 Å². The molecule has 0 aromatic rings. The summed E-state index contributed by atoms with van der Waals surface area (Å²) in [4.78, 5) is 0. The number of rotatable bonds is 5. The van der Waals surface area contributed by atoms with Gasteiger partial charge >= 0.3 is 0 Å². The molecule has 0 unspecified atom stereocenters. The molecule has 0 saturated heterocycles. The van der Waals surface area contributed by atoms with Gasteiger partial charge in [0, 0.05) is 0 Å². The highest BCUT2D eigenvalue weighted by molar-refractivity contribution is 5.14. The van der Waals surface area contributed by atoms with Crippen LogP contribution in [-0.4, -0.2) is 0 Å². The zero-order valence-corrected chi connectivity index (χ0v) is 9.36. The van der Waals surface area contributed by atoms with Gasteiger partial charge in [-0.2, -0.15) is 0 Å². The fourth-order valence-corrected chi connectivity index (χ4v) is 2.22. The molecule has 1 fully saturated rings. The summed E-state index contributed by atoms with van der Waals surface area (Å²) in [5, 5.41) is 0.